The van der Waals surface area contributed by atoms with Crippen LogP contribution in [0.15, 0.2) is 29.5 Å². The van der Waals surface area contributed by atoms with Crippen molar-refractivity contribution in [2.45, 2.75) is 57.8 Å². The van der Waals surface area contributed by atoms with Crippen molar-refractivity contribution in [2.24, 2.45) is 0 Å². The minimum Gasteiger partial charge on any atom is -0.511 e. The maximum atomic E-state index is 12.3. The third-order valence-electron chi connectivity index (χ3n) is 4.79. The zero-order valence-electron chi connectivity index (χ0n) is 13.0. The van der Waals surface area contributed by atoms with Crippen LogP contribution in [0, 0.1) is 0 Å². The molecular weight excluding hydrogens is 276 g/mol. The van der Waals surface area contributed by atoms with Crippen LogP contribution in [0.2, 0.25) is 0 Å². The van der Waals surface area contributed by atoms with Gasteiger partial charge in [0.1, 0.15) is 5.76 Å². The quantitative estimate of drug-likeness (QED) is 0.860. The summed E-state index contributed by atoms with van der Waals surface area (Å²) in [5.41, 5.74) is 3.95. The van der Waals surface area contributed by atoms with Crippen LogP contribution in [0.1, 0.15) is 61.6 Å². The van der Waals surface area contributed by atoms with E-state index in [0.29, 0.717) is 25.7 Å². The third-order valence-corrected chi connectivity index (χ3v) is 4.79. The molecule has 3 heteroatoms. The van der Waals surface area contributed by atoms with Crippen LogP contribution < -0.4 is 0 Å². The van der Waals surface area contributed by atoms with E-state index < -0.39 is 0 Å². The number of hydrogen-bond acceptors (Lipinski definition) is 3. The van der Waals surface area contributed by atoms with E-state index in [1.807, 2.05) is 6.92 Å². The topological polar surface area (TPSA) is 54.4 Å². The van der Waals surface area contributed by atoms with Crippen molar-refractivity contribution in [3.8, 4) is 0 Å². The van der Waals surface area contributed by atoms with Crippen LogP contribution >= 0.6 is 0 Å². The number of fused-ring (bicyclic) bond motifs is 1. The van der Waals surface area contributed by atoms with E-state index in [0.717, 1.165) is 18.4 Å². The van der Waals surface area contributed by atoms with E-state index in [1.54, 1.807) is 0 Å². The predicted octanol–water partition coefficient (Wildman–Crippen LogP) is 3.80. The lowest BCUT2D eigenvalue weighted by Crippen LogP contribution is -2.23. The van der Waals surface area contributed by atoms with Crippen molar-refractivity contribution in [3.05, 3.63) is 46.2 Å². The molecule has 0 fully saturated rings. The first-order valence-electron chi connectivity index (χ1n) is 8.20. The van der Waals surface area contributed by atoms with Gasteiger partial charge in [0.25, 0.3) is 0 Å². The van der Waals surface area contributed by atoms with Gasteiger partial charge in [-0.2, -0.15) is 0 Å². The van der Waals surface area contributed by atoms with Gasteiger partial charge in [-0.25, -0.2) is 0 Å². The monoisotopic (exact) mass is 298 g/mol. The van der Waals surface area contributed by atoms with Crippen molar-refractivity contribution in [2.75, 3.05) is 0 Å². The van der Waals surface area contributed by atoms with Gasteiger partial charge in [-0.1, -0.05) is 25.1 Å². The molecule has 1 aromatic rings. The Hall–Kier alpha value is -1.90. The van der Waals surface area contributed by atoms with E-state index >= 15 is 0 Å². The summed E-state index contributed by atoms with van der Waals surface area (Å²) in [7, 11) is 0. The molecular formula is C19H22O3. The minimum absolute atomic E-state index is 0.00317. The largest absolute Gasteiger partial charge is 0.511 e. The number of ketones is 2. The first kappa shape index (κ1) is 15.0. The van der Waals surface area contributed by atoms with Crippen LogP contribution in [0.3, 0.4) is 0 Å². The van der Waals surface area contributed by atoms with E-state index in [2.05, 4.69) is 18.2 Å². The number of aliphatic hydroxyl groups is 1. The lowest BCUT2D eigenvalue weighted by atomic mass is 9.80. The van der Waals surface area contributed by atoms with E-state index in [4.69, 9.17) is 0 Å². The fraction of sp³-hybridized carbons (Fsp3) is 0.474. The van der Waals surface area contributed by atoms with Gasteiger partial charge in [0.2, 0.25) is 0 Å². The Labute approximate surface area is 131 Å². The highest BCUT2D eigenvalue weighted by atomic mass is 16.3. The third kappa shape index (κ3) is 2.72. The highest BCUT2D eigenvalue weighted by molar-refractivity contribution is 6.21. The Morgan fingerprint density at radius 1 is 1.23 bits per heavy atom. The number of benzene rings is 1. The molecule has 1 unspecified atom stereocenters. The molecule has 22 heavy (non-hydrogen) atoms. The number of hydrogen-bond donors (Lipinski definition) is 1. The van der Waals surface area contributed by atoms with Gasteiger partial charge in [0.05, 0.1) is 5.57 Å². The molecule has 0 amide bonds. The van der Waals surface area contributed by atoms with Gasteiger partial charge in [0.15, 0.2) is 11.6 Å². The SMILES string of the molecule is CCCC(=O)C1=C(O)CC(c2ccc3c(c2)CCC3)CC1=O. The van der Waals surface area contributed by atoms with Crippen molar-refractivity contribution in [3.63, 3.8) is 0 Å². The normalized spacial score (nSPS) is 21.1. The second-order valence-electron chi connectivity index (χ2n) is 6.40. The summed E-state index contributed by atoms with van der Waals surface area (Å²) in [5.74, 6) is -0.429. The molecule has 0 aliphatic heterocycles. The molecule has 2 aliphatic carbocycles. The zero-order chi connectivity index (χ0) is 15.7. The fourth-order valence-corrected chi connectivity index (χ4v) is 3.64. The van der Waals surface area contributed by atoms with Crippen LogP contribution in [0.5, 0.6) is 0 Å². The molecule has 3 rings (SSSR count). The van der Waals surface area contributed by atoms with E-state index in [9.17, 15) is 14.7 Å². The number of rotatable bonds is 4. The number of carbonyl (C=O) groups excluding carboxylic acids is 2. The van der Waals surface area contributed by atoms with Crippen molar-refractivity contribution < 1.29 is 14.7 Å². The summed E-state index contributed by atoms with van der Waals surface area (Å²) in [6.45, 7) is 1.90. The molecule has 1 N–H and O–H groups in total. The number of carbonyl (C=O) groups is 2. The first-order chi connectivity index (χ1) is 10.6. The molecule has 0 saturated heterocycles. The number of aliphatic hydroxyl groups excluding tert-OH is 1. The van der Waals surface area contributed by atoms with Gasteiger partial charge < -0.3 is 5.11 Å². The number of Topliss-reactive ketones (excluding diaryl/α,β-unsaturated/α-hetero) is 2. The highest BCUT2D eigenvalue weighted by Crippen LogP contribution is 2.36. The molecule has 0 bridgehead atoms. The van der Waals surface area contributed by atoms with Crippen LogP contribution in [-0.4, -0.2) is 16.7 Å². The van der Waals surface area contributed by atoms with E-state index in [-0.39, 0.29) is 28.8 Å². The van der Waals surface area contributed by atoms with Crippen molar-refractivity contribution >= 4 is 11.6 Å². The summed E-state index contributed by atoms with van der Waals surface area (Å²) in [5, 5.41) is 10.2. The molecule has 0 radical (unpaired) electrons. The minimum atomic E-state index is -0.211. The number of allylic oxidation sites excluding steroid dienone is 2. The van der Waals surface area contributed by atoms with Gasteiger partial charge in [0, 0.05) is 19.3 Å². The summed E-state index contributed by atoms with van der Waals surface area (Å²) < 4.78 is 0. The second kappa shape index (κ2) is 6.07. The maximum absolute atomic E-state index is 12.3. The summed E-state index contributed by atoms with van der Waals surface area (Å²) in [4.78, 5) is 24.3. The fourth-order valence-electron chi connectivity index (χ4n) is 3.64. The van der Waals surface area contributed by atoms with Crippen molar-refractivity contribution in [1.29, 1.82) is 0 Å². The summed E-state index contributed by atoms with van der Waals surface area (Å²) >= 11 is 0. The first-order valence-corrected chi connectivity index (χ1v) is 8.20. The molecule has 0 spiro atoms. The Morgan fingerprint density at radius 2 is 2.00 bits per heavy atom. The summed E-state index contributed by atoms with van der Waals surface area (Å²) in [6, 6.07) is 6.42. The van der Waals surface area contributed by atoms with E-state index in [1.165, 1.54) is 17.5 Å². The van der Waals surface area contributed by atoms with Gasteiger partial charge in [-0.05, 0) is 48.3 Å². The molecule has 3 nitrogen and oxygen atoms in total. The standard InChI is InChI=1S/C19H22O3/c1-2-4-16(20)19-17(21)10-15(11-18(19)22)14-8-7-12-5-3-6-13(12)9-14/h7-9,15,21H,2-6,10-11H2,1H3. The van der Waals surface area contributed by atoms with Crippen LogP contribution in [-0.2, 0) is 22.4 Å². The molecule has 0 aromatic heterocycles. The molecule has 1 atom stereocenters. The lowest BCUT2D eigenvalue weighted by Gasteiger charge is -2.23. The summed E-state index contributed by atoms with van der Waals surface area (Å²) in [6.07, 6.45) is 5.18. The average Bonchev–Trinajstić information content (AvgIpc) is 2.94. The maximum Gasteiger partial charge on any atom is 0.170 e. The number of aryl methyl sites for hydroxylation is 2. The Balaban J connectivity index is 1.84. The van der Waals surface area contributed by atoms with Gasteiger partial charge in [-0.3, -0.25) is 9.59 Å². The second-order valence-corrected chi connectivity index (χ2v) is 6.40. The Bertz CT molecular complexity index is 655. The molecule has 0 saturated carbocycles. The molecule has 1 aromatic carbocycles. The average molecular weight is 298 g/mol. The van der Waals surface area contributed by atoms with Crippen LogP contribution in [0.25, 0.3) is 0 Å². The van der Waals surface area contributed by atoms with Gasteiger partial charge in [-0.15, -0.1) is 0 Å². The van der Waals surface area contributed by atoms with Crippen LogP contribution in [0.4, 0.5) is 0 Å². The molecule has 2 aliphatic rings. The molecule has 0 heterocycles. The van der Waals surface area contributed by atoms with Crippen molar-refractivity contribution in [1.82, 2.24) is 0 Å². The predicted molar refractivity (Wildman–Crippen MR) is 85.0 cm³/mol. The molecule has 116 valence electrons. The highest BCUT2D eigenvalue weighted by Gasteiger charge is 2.32. The Kier molecular flexibility index (Phi) is 4.14. The smallest absolute Gasteiger partial charge is 0.170 e. The Morgan fingerprint density at radius 3 is 2.73 bits per heavy atom. The zero-order valence-corrected chi connectivity index (χ0v) is 13.0. The lowest BCUT2D eigenvalue weighted by molar-refractivity contribution is -0.122. The van der Waals surface area contributed by atoms with Gasteiger partial charge >= 0.3 is 0 Å².